The molecule has 1 aliphatic heterocycles. The highest BCUT2D eigenvalue weighted by molar-refractivity contribution is 5.47. The molecule has 94 valence electrons. The molecule has 1 heterocycles. The lowest BCUT2D eigenvalue weighted by molar-refractivity contribution is -0.775. The van der Waals surface area contributed by atoms with E-state index in [-0.39, 0.29) is 0 Å². The first-order chi connectivity index (χ1) is 8.22. The topological polar surface area (TPSA) is 16.9 Å². The molecule has 0 saturated heterocycles. The largest absolute Gasteiger partial charge is 0.434 e. The Bertz CT molecular complexity index is 378. The molecule has 1 atom stereocenters. The number of ether oxygens (including phenoxy) is 1. The second kappa shape index (κ2) is 5.63. The molecule has 0 aromatic heterocycles. The molecular weight excluding hydrogens is 212 g/mol. The van der Waals surface area contributed by atoms with Crippen LogP contribution in [0, 0.1) is 7.05 Å². The molecule has 0 bridgehead atoms. The van der Waals surface area contributed by atoms with Crippen LogP contribution in [0.2, 0.25) is 0 Å². The fourth-order valence-corrected chi connectivity index (χ4v) is 2.44. The van der Waals surface area contributed by atoms with Gasteiger partial charge in [-0.2, -0.15) is 0 Å². The molecule has 17 heavy (non-hydrogen) atoms. The summed E-state index contributed by atoms with van der Waals surface area (Å²) in [7, 11) is 8.02. The fraction of sp³-hybridized carbons (Fsp3) is 0.500. The van der Waals surface area contributed by atoms with E-state index in [4.69, 9.17) is 4.74 Å². The van der Waals surface area contributed by atoms with Gasteiger partial charge in [0.2, 0.25) is 0 Å². The Morgan fingerprint density at radius 1 is 1.47 bits per heavy atom. The second-order valence-corrected chi connectivity index (χ2v) is 4.78. The lowest BCUT2D eigenvalue weighted by Crippen LogP contribution is -3.00. The maximum atomic E-state index is 5.10. The van der Waals surface area contributed by atoms with Crippen molar-refractivity contribution in [3.8, 4) is 0 Å². The summed E-state index contributed by atoms with van der Waals surface area (Å²) in [4.78, 5) is 3.60. The van der Waals surface area contributed by atoms with E-state index in [0.29, 0.717) is 0 Å². The first kappa shape index (κ1) is 12.6. The van der Waals surface area contributed by atoms with Gasteiger partial charge < -0.3 is 9.64 Å². The molecule has 1 aromatic rings. The standard InChI is InChI=1S/C14H22N2O/c1-15(9-10-17-3)11-12-5-4-6-14-13(12)7-8-16(14)2/h4-6,16H,2,7-11H2,1,3H3. The van der Waals surface area contributed by atoms with Crippen molar-refractivity contribution in [3.63, 3.8) is 0 Å². The molecule has 1 unspecified atom stereocenters. The van der Waals surface area contributed by atoms with E-state index < -0.39 is 0 Å². The van der Waals surface area contributed by atoms with Crippen LogP contribution in [-0.4, -0.2) is 38.8 Å². The predicted molar refractivity (Wildman–Crippen MR) is 69.2 cm³/mol. The quantitative estimate of drug-likeness (QED) is 0.753. The Hall–Kier alpha value is -0.900. The zero-order valence-electron chi connectivity index (χ0n) is 10.8. The molecule has 0 spiro atoms. The van der Waals surface area contributed by atoms with Crippen molar-refractivity contribution in [2.24, 2.45) is 0 Å². The van der Waals surface area contributed by atoms with Crippen LogP contribution < -0.4 is 4.90 Å². The number of rotatable bonds is 5. The predicted octanol–water partition coefficient (Wildman–Crippen LogP) is 0.629. The number of methoxy groups -OCH3 is 1. The summed E-state index contributed by atoms with van der Waals surface area (Å²) in [5.41, 5.74) is 4.32. The summed E-state index contributed by atoms with van der Waals surface area (Å²) in [6.45, 7) is 3.88. The van der Waals surface area contributed by atoms with Gasteiger partial charge in [0.1, 0.15) is 5.69 Å². The number of likely N-dealkylation sites (N-methyl/N-ethyl adjacent to an activating group) is 1. The summed E-state index contributed by atoms with van der Waals surface area (Å²) in [6.07, 6.45) is 1.16. The molecule has 1 N–H and O–H groups in total. The zero-order valence-corrected chi connectivity index (χ0v) is 10.8. The van der Waals surface area contributed by atoms with Crippen LogP contribution in [0.5, 0.6) is 0 Å². The van der Waals surface area contributed by atoms with Crippen LogP contribution in [0.1, 0.15) is 11.1 Å². The second-order valence-electron chi connectivity index (χ2n) is 4.78. The normalized spacial score (nSPS) is 18.7. The van der Waals surface area contributed by atoms with Gasteiger partial charge in [-0.15, -0.1) is 7.05 Å². The molecule has 0 fully saturated rings. The monoisotopic (exact) mass is 234 g/mol. The first-order valence-corrected chi connectivity index (χ1v) is 6.18. The lowest BCUT2D eigenvalue weighted by atomic mass is 10.0. The van der Waals surface area contributed by atoms with Gasteiger partial charge in [-0.1, -0.05) is 12.1 Å². The van der Waals surface area contributed by atoms with Gasteiger partial charge in [0.15, 0.2) is 0 Å². The van der Waals surface area contributed by atoms with Crippen molar-refractivity contribution in [1.82, 2.24) is 4.90 Å². The molecule has 0 amide bonds. The van der Waals surface area contributed by atoms with Gasteiger partial charge in [0, 0.05) is 32.2 Å². The summed E-state index contributed by atoms with van der Waals surface area (Å²) in [5, 5.41) is 0. The van der Waals surface area contributed by atoms with E-state index in [2.05, 4.69) is 37.2 Å². The third kappa shape index (κ3) is 2.86. The van der Waals surface area contributed by atoms with E-state index in [1.807, 2.05) is 0 Å². The average molecular weight is 234 g/mol. The lowest BCUT2D eigenvalue weighted by Gasteiger charge is -2.18. The van der Waals surface area contributed by atoms with Gasteiger partial charge in [0.25, 0.3) is 0 Å². The van der Waals surface area contributed by atoms with Crippen molar-refractivity contribution in [3.05, 3.63) is 36.4 Å². The number of hydrogen-bond acceptors (Lipinski definition) is 2. The number of nitrogens with one attached hydrogen (secondary N) is 1. The minimum absolute atomic E-state index is 0.790. The summed E-state index contributed by atoms with van der Waals surface area (Å²) in [5.74, 6) is 0. The summed E-state index contributed by atoms with van der Waals surface area (Å²) >= 11 is 0. The van der Waals surface area contributed by atoms with E-state index in [1.54, 1.807) is 7.11 Å². The van der Waals surface area contributed by atoms with Crippen molar-refractivity contribution in [1.29, 1.82) is 0 Å². The summed E-state index contributed by atoms with van der Waals surface area (Å²) < 4.78 is 5.10. The van der Waals surface area contributed by atoms with Gasteiger partial charge >= 0.3 is 0 Å². The van der Waals surface area contributed by atoms with E-state index in [0.717, 1.165) is 32.7 Å². The molecule has 0 aliphatic carbocycles. The molecule has 2 rings (SSSR count). The molecular formula is C14H22N2O. The SMILES string of the molecule is [CH2-][NH+]1CCc2c(CN(C)CCOC)cccc21. The maximum Gasteiger partial charge on any atom is 0.108 e. The number of benzene rings is 1. The average Bonchev–Trinajstić information content (AvgIpc) is 2.70. The van der Waals surface area contributed by atoms with E-state index >= 15 is 0 Å². The van der Waals surface area contributed by atoms with Crippen LogP contribution in [0.25, 0.3) is 0 Å². The Morgan fingerprint density at radius 2 is 2.29 bits per heavy atom. The molecule has 1 aromatic carbocycles. The number of quaternary nitrogens is 1. The molecule has 3 nitrogen and oxygen atoms in total. The number of fused-ring (bicyclic) bond motifs is 1. The van der Waals surface area contributed by atoms with Crippen molar-refractivity contribution in [2.45, 2.75) is 13.0 Å². The van der Waals surface area contributed by atoms with Crippen LogP contribution in [0.3, 0.4) is 0 Å². The Labute approximate surface area is 104 Å². The molecule has 3 heteroatoms. The highest BCUT2D eigenvalue weighted by Gasteiger charge is 2.20. The van der Waals surface area contributed by atoms with E-state index in [1.165, 1.54) is 21.7 Å². The smallest absolute Gasteiger partial charge is 0.108 e. The maximum absolute atomic E-state index is 5.10. The summed E-state index contributed by atoms with van der Waals surface area (Å²) in [6, 6.07) is 6.58. The van der Waals surface area contributed by atoms with Crippen LogP contribution in [0.4, 0.5) is 5.69 Å². The molecule has 0 radical (unpaired) electrons. The van der Waals surface area contributed by atoms with Gasteiger partial charge in [-0.25, -0.2) is 0 Å². The third-order valence-corrected chi connectivity index (χ3v) is 3.45. The number of nitrogens with zero attached hydrogens (tertiary/aromatic N) is 1. The Kier molecular flexibility index (Phi) is 4.15. The van der Waals surface area contributed by atoms with E-state index in [9.17, 15) is 0 Å². The fourth-order valence-electron chi connectivity index (χ4n) is 2.44. The highest BCUT2D eigenvalue weighted by atomic mass is 16.5. The van der Waals surface area contributed by atoms with Crippen molar-refractivity contribution in [2.75, 3.05) is 33.9 Å². The van der Waals surface area contributed by atoms with Gasteiger partial charge in [-0.3, -0.25) is 4.90 Å². The Balaban J connectivity index is 2.07. The Morgan fingerprint density at radius 3 is 3.06 bits per heavy atom. The first-order valence-electron chi connectivity index (χ1n) is 6.18. The van der Waals surface area contributed by atoms with Crippen LogP contribution in [-0.2, 0) is 17.7 Å². The zero-order chi connectivity index (χ0) is 12.3. The van der Waals surface area contributed by atoms with Crippen molar-refractivity contribution < 1.29 is 9.64 Å². The van der Waals surface area contributed by atoms with Gasteiger partial charge in [0.05, 0.1) is 13.2 Å². The molecule has 1 aliphatic rings. The minimum Gasteiger partial charge on any atom is -0.434 e. The van der Waals surface area contributed by atoms with Crippen molar-refractivity contribution >= 4 is 5.69 Å². The van der Waals surface area contributed by atoms with Gasteiger partial charge in [-0.05, 0) is 18.7 Å². The van der Waals surface area contributed by atoms with Crippen LogP contribution >= 0.6 is 0 Å². The number of hydrogen-bond donors (Lipinski definition) is 1. The molecule has 0 saturated carbocycles. The van der Waals surface area contributed by atoms with Crippen LogP contribution in [0.15, 0.2) is 18.2 Å². The minimum atomic E-state index is 0.790. The third-order valence-electron chi connectivity index (χ3n) is 3.45. The highest BCUT2D eigenvalue weighted by Crippen LogP contribution is 2.21.